The molecule has 0 aliphatic heterocycles. The van der Waals surface area contributed by atoms with E-state index in [0.29, 0.717) is 5.39 Å². The summed E-state index contributed by atoms with van der Waals surface area (Å²) in [5.41, 5.74) is 3.19. The molecule has 1 aliphatic carbocycles. The lowest BCUT2D eigenvalue weighted by molar-refractivity contribution is -0.137. The van der Waals surface area contributed by atoms with E-state index in [2.05, 4.69) is 19.9 Å². The summed E-state index contributed by atoms with van der Waals surface area (Å²) in [5.74, 6) is -0.0922. The number of hydrogen-bond acceptors (Lipinski definition) is 1. The molecule has 140 valence electrons. The average molecular weight is 370 g/mol. The van der Waals surface area contributed by atoms with E-state index in [1.54, 1.807) is 6.07 Å². The molecule has 27 heavy (non-hydrogen) atoms. The van der Waals surface area contributed by atoms with E-state index in [9.17, 15) is 18.3 Å². The van der Waals surface area contributed by atoms with E-state index in [4.69, 9.17) is 0 Å². The van der Waals surface area contributed by atoms with Crippen molar-refractivity contribution in [2.24, 2.45) is 0 Å². The minimum Gasteiger partial charge on any atom is -0.507 e. The molecular formula is C23H21F3O. The molecular weight excluding hydrogens is 349 g/mol. The van der Waals surface area contributed by atoms with Crippen molar-refractivity contribution in [3.05, 3.63) is 65.2 Å². The van der Waals surface area contributed by atoms with Crippen molar-refractivity contribution >= 4 is 10.8 Å². The molecule has 0 fully saturated rings. The maximum Gasteiger partial charge on any atom is 0.416 e. The monoisotopic (exact) mass is 370 g/mol. The fraction of sp³-hybridized carbons (Fsp3) is 0.304. The third-order valence-corrected chi connectivity index (χ3v) is 5.86. The second kappa shape index (κ2) is 6.01. The fourth-order valence-electron chi connectivity index (χ4n) is 4.43. The summed E-state index contributed by atoms with van der Waals surface area (Å²) in [6, 6.07) is 13.4. The van der Waals surface area contributed by atoms with Crippen LogP contribution < -0.4 is 0 Å². The normalized spacial score (nSPS) is 18.6. The van der Waals surface area contributed by atoms with Gasteiger partial charge in [-0.15, -0.1) is 0 Å². The van der Waals surface area contributed by atoms with Gasteiger partial charge in [-0.3, -0.25) is 0 Å². The highest BCUT2D eigenvalue weighted by molar-refractivity contribution is 6.05. The number of halogens is 3. The summed E-state index contributed by atoms with van der Waals surface area (Å²) in [4.78, 5) is 0. The van der Waals surface area contributed by atoms with Crippen molar-refractivity contribution in [3.8, 4) is 16.9 Å². The van der Waals surface area contributed by atoms with Crippen LogP contribution in [-0.4, -0.2) is 5.11 Å². The lowest BCUT2D eigenvalue weighted by Gasteiger charge is -2.27. The van der Waals surface area contributed by atoms with Crippen LogP contribution in [0.5, 0.6) is 5.75 Å². The molecule has 1 N–H and O–H groups in total. The fourth-order valence-corrected chi connectivity index (χ4v) is 4.43. The lowest BCUT2D eigenvalue weighted by atomic mass is 9.76. The van der Waals surface area contributed by atoms with Gasteiger partial charge in [-0.05, 0) is 52.3 Å². The topological polar surface area (TPSA) is 20.2 Å². The summed E-state index contributed by atoms with van der Waals surface area (Å²) >= 11 is 0. The maximum absolute atomic E-state index is 13.1. The number of benzene rings is 3. The summed E-state index contributed by atoms with van der Waals surface area (Å²) in [5, 5.41) is 11.5. The van der Waals surface area contributed by atoms with E-state index in [0.717, 1.165) is 48.1 Å². The third kappa shape index (κ3) is 2.61. The van der Waals surface area contributed by atoms with Gasteiger partial charge in [0.25, 0.3) is 0 Å². The van der Waals surface area contributed by atoms with Gasteiger partial charge in [-0.25, -0.2) is 0 Å². The van der Waals surface area contributed by atoms with E-state index < -0.39 is 11.7 Å². The van der Waals surface area contributed by atoms with Crippen LogP contribution in [0.1, 0.15) is 49.8 Å². The highest BCUT2D eigenvalue weighted by Crippen LogP contribution is 2.55. The molecule has 0 saturated carbocycles. The zero-order valence-corrected chi connectivity index (χ0v) is 15.3. The third-order valence-electron chi connectivity index (χ3n) is 5.86. The molecule has 0 radical (unpaired) electrons. The molecule has 0 spiro atoms. The first kappa shape index (κ1) is 17.9. The number of aromatic hydroxyl groups is 1. The van der Waals surface area contributed by atoms with Crippen molar-refractivity contribution in [1.29, 1.82) is 0 Å². The van der Waals surface area contributed by atoms with Gasteiger partial charge < -0.3 is 5.11 Å². The molecule has 0 aromatic heterocycles. The van der Waals surface area contributed by atoms with Gasteiger partial charge >= 0.3 is 6.18 Å². The largest absolute Gasteiger partial charge is 0.507 e. The Kier molecular flexibility index (Phi) is 3.99. The number of rotatable bonds is 3. The summed E-state index contributed by atoms with van der Waals surface area (Å²) in [6.45, 7) is 4.31. The second-order valence-corrected chi connectivity index (χ2v) is 7.56. The van der Waals surface area contributed by atoms with Crippen molar-refractivity contribution in [2.75, 3.05) is 0 Å². The van der Waals surface area contributed by atoms with Crippen LogP contribution in [0.25, 0.3) is 21.9 Å². The number of hydrogen-bond donors (Lipinski definition) is 1. The minimum absolute atomic E-state index is 0.0922. The van der Waals surface area contributed by atoms with Crippen molar-refractivity contribution < 1.29 is 18.3 Å². The van der Waals surface area contributed by atoms with Gasteiger partial charge in [-0.1, -0.05) is 57.0 Å². The number of phenolic OH excluding ortho intramolecular Hbond substituents is 1. The molecule has 4 heteroatoms. The van der Waals surface area contributed by atoms with Crippen LogP contribution in [0.4, 0.5) is 13.2 Å². The van der Waals surface area contributed by atoms with Crippen molar-refractivity contribution in [2.45, 2.75) is 44.7 Å². The predicted molar refractivity (Wildman–Crippen MR) is 102 cm³/mol. The Hall–Kier alpha value is -2.49. The Balaban J connectivity index is 2.05. The standard InChI is InChI=1S/C23H21F3O/c1-3-4-11-22(2)18-8-6-5-7-16(18)21-15-10-9-14(23(24,25)26)12-17(15)20(27)13-19(21)22/h5-10,12-13,27H,3-4,11H2,1-2H3. The molecule has 0 amide bonds. The molecule has 4 rings (SSSR count). The summed E-state index contributed by atoms with van der Waals surface area (Å²) < 4.78 is 39.4. The molecule has 0 heterocycles. The Morgan fingerprint density at radius 1 is 0.963 bits per heavy atom. The first-order valence-corrected chi connectivity index (χ1v) is 9.24. The zero-order valence-electron chi connectivity index (χ0n) is 15.3. The minimum atomic E-state index is -4.44. The van der Waals surface area contributed by atoms with Gasteiger partial charge in [-0.2, -0.15) is 13.2 Å². The number of phenols is 1. The van der Waals surface area contributed by atoms with E-state index >= 15 is 0 Å². The highest BCUT2D eigenvalue weighted by atomic mass is 19.4. The average Bonchev–Trinajstić information content (AvgIpc) is 2.89. The van der Waals surface area contributed by atoms with Crippen LogP contribution in [0, 0.1) is 0 Å². The highest BCUT2D eigenvalue weighted by Gasteiger charge is 2.40. The molecule has 1 aliphatic rings. The van der Waals surface area contributed by atoms with Gasteiger partial charge in [0, 0.05) is 10.8 Å². The van der Waals surface area contributed by atoms with Gasteiger partial charge in [0.1, 0.15) is 5.75 Å². The zero-order chi connectivity index (χ0) is 19.4. The van der Waals surface area contributed by atoms with E-state index in [-0.39, 0.29) is 16.6 Å². The van der Waals surface area contributed by atoms with Crippen molar-refractivity contribution in [3.63, 3.8) is 0 Å². The van der Waals surface area contributed by atoms with Crippen LogP contribution in [-0.2, 0) is 11.6 Å². The first-order valence-electron chi connectivity index (χ1n) is 9.24. The molecule has 1 atom stereocenters. The van der Waals surface area contributed by atoms with Gasteiger partial charge in [0.15, 0.2) is 0 Å². The molecule has 3 aromatic carbocycles. The molecule has 0 saturated heterocycles. The smallest absolute Gasteiger partial charge is 0.416 e. The number of alkyl halides is 3. The summed E-state index contributed by atoms with van der Waals surface area (Å²) in [7, 11) is 0. The lowest BCUT2D eigenvalue weighted by Crippen LogP contribution is -2.20. The Morgan fingerprint density at radius 2 is 1.70 bits per heavy atom. The van der Waals surface area contributed by atoms with Crippen LogP contribution in [0.15, 0.2) is 48.5 Å². The summed E-state index contributed by atoms with van der Waals surface area (Å²) in [6.07, 6.45) is -1.41. The van der Waals surface area contributed by atoms with E-state index in [1.165, 1.54) is 11.6 Å². The first-order chi connectivity index (χ1) is 12.8. The number of unbranched alkanes of at least 4 members (excludes halogenated alkanes) is 1. The van der Waals surface area contributed by atoms with Crippen LogP contribution >= 0.6 is 0 Å². The Morgan fingerprint density at radius 3 is 2.41 bits per heavy atom. The van der Waals surface area contributed by atoms with Crippen LogP contribution in [0.3, 0.4) is 0 Å². The predicted octanol–water partition coefficient (Wildman–Crippen LogP) is 7.04. The SMILES string of the molecule is CCCCC1(C)c2ccccc2-c2c1cc(O)c1cc(C(F)(F)F)ccc21. The molecule has 1 nitrogen and oxygen atoms in total. The molecule has 0 bridgehead atoms. The molecule has 1 unspecified atom stereocenters. The Labute approximate surface area is 156 Å². The van der Waals surface area contributed by atoms with Crippen LogP contribution in [0.2, 0.25) is 0 Å². The van der Waals surface area contributed by atoms with Gasteiger partial charge in [0.2, 0.25) is 0 Å². The Bertz CT molecular complexity index is 1040. The maximum atomic E-state index is 13.1. The van der Waals surface area contributed by atoms with E-state index in [1.807, 2.05) is 18.2 Å². The van der Waals surface area contributed by atoms with Crippen molar-refractivity contribution in [1.82, 2.24) is 0 Å². The van der Waals surface area contributed by atoms with Gasteiger partial charge in [0.05, 0.1) is 5.56 Å². The quantitative estimate of drug-likeness (QED) is 0.524. The second-order valence-electron chi connectivity index (χ2n) is 7.56. The number of fused-ring (bicyclic) bond motifs is 5. The molecule has 3 aromatic rings.